The van der Waals surface area contributed by atoms with Crippen molar-refractivity contribution in [3.05, 3.63) is 0 Å². The van der Waals surface area contributed by atoms with Crippen molar-refractivity contribution >= 4 is 23.9 Å². The first-order valence-corrected chi connectivity index (χ1v) is 4.44. The number of rotatable bonds is 6. The number of hydrogen-bond donors (Lipinski definition) is 4. The van der Waals surface area contributed by atoms with Crippen LogP contribution in [0.2, 0.25) is 0 Å². The van der Waals surface area contributed by atoms with Gasteiger partial charge in [-0.15, -0.1) is 0 Å². The summed E-state index contributed by atoms with van der Waals surface area (Å²) < 4.78 is 0. The molecule has 0 aliphatic carbocycles. The van der Waals surface area contributed by atoms with Crippen LogP contribution in [0.5, 0.6) is 0 Å². The summed E-state index contributed by atoms with van der Waals surface area (Å²) in [5.74, 6) is -5.58. The zero-order chi connectivity index (χ0) is 14.9. The van der Waals surface area contributed by atoms with E-state index >= 15 is 0 Å². The number of hydrogen-bond acceptors (Lipinski definition) is 8. The molecule has 19 heavy (non-hydrogen) atoms. The number of carbonyl (C=O) groups excluding carboxylic acids is 2. The Morgan fingerprint density at radius 2 is 1.05 bits per heavy atom. The number of nitrogens with two attached hydrogens (primary N) is 2. The molecule has 0 saturated carbocycles. The molecule has 0 aliphatic rings. The van der Waals surface area contributed by atoms with Crippen molar-refractivity contribution in [3.8, 4) is 0 Å². The van der Waals surface area contributed by atoms with Gasteiger partial charge in [0.2, 0.25) is 0 Å². The van der Waals surface area contributed by atoms with Gasteiger partial charge in [0, 0.05) is 19.5 Å². The van der Waals surface area contributed by atoms with Crippen molar-refractivity contribution in [3.63, 3.8) is 0 Å². The molecule has 0 amide bonds. The zero-order valence-electron chi connectivity index (χ0n) is 9.77. The molecule has 0 saturated heterocycles. The SMILES string of the molecule is NC(CC(=O)O)C(=O)[O-].NC(CC(=O)O)C(=O)[O-].[Zn]. The van der Waals surface area contributed by atoms with Crippen molar-refractivity contribution in [1.29, 1.82) is 0 Å². The van der Waals surface area contributed by atoms with Crippen LogP contribution < -0.4 is 21.7 Å². The minimum Gasteiger partial charge on any atom is -0.548 e. The first-order chi connectivity index (χ1) is 8.07. The minimum absolute atomic E-state index is 0. The first kappa shape index (κ1) is 22.6. The van der Waals surface area contributed by atoms with Crippen LogP contribution in [-0.4, -0.2) is 46.2 Å². The second-order valence-corrected chi connectivity index (χ2v) is 3.05. The second kappa shape index (κ2) is 11.5. The van der Waals surface area contributed by atoms with E-state index in [4.69, 9.17) is 21.7 Å². The normalized spacial score (nSPS) is 11.9. The van der Waals surface area contributed by atoms with Gasteiger partial charge in [-0.3, -0.25) is 9.59 Å². The third kappa shape index (κ3) is 16.4. The Hall–Kier alpha value is -1.58. The molecule has 0 bridgehead atoms. The Morgan fingerprint density at radius 3 is 1.11 bits per heavy atom. The van der Waals surface area contributed by atoms with Gasteiger partial charge in [-0.2, -0.15) is 0 Å². The van der Waals surface area contributed by atoms with E-state index in [9.17, 15) is 29.4 Å². The molecule has 2 unspecified atom stereocenters. The molecule has 0 radical (unpaired) electrons. The summed E-state index contributed by atoms with van der Waals surface area (Å²) >= 11 is 0. The maximum absolute atomic E-state index is 9.74. The molecule has 0 spiro atoms. The van der Waals surface area contributed by atoms with Gasteiger partial charge in [-0.25, -0.2) is 0 Å². The maximum Gasteiger partial charge on any atom is 0.305 e. The molecule has 0 fully saturated rings. The van der Waals surface area contributed by atoms with E-state index < -0.39 is 48.8 Å². The van der Waals surface area contributed by atoms with Crippen molar-refractivity contribution in [2.45, 2.75) is 24.9 Å². The molecule has 0 aliphatic heterocycles. The van der Waals surface area contributed by atoms with Gasteiger partial charge in [0.05, 0.1) is 36.9 Å². The fourth-order valence-electron chi connectivity index (χ4n) is 0.543. The van der Waals surface area contributed by atoms with E-state index in [2.05, 4.69) is 0 Å². The van der Waals surface area contributed by atoms with Gasteiger partial charge < -0.3 is 41.5 Å². The largest absolute Gasteiger partial charge is 0.548 e. The van der Waals surface area contributed by atoms with E-state index in [1.165, 1.54) is 0 Å². The number of carbonyl (C=O) groups is 4. The van der Waals surface area contributed by atoms with Gasteiger partial charge in [0.25, 0.3) is 0 Å². The van der Waals surface area contributed by atoms with Gasteiger partial charge in [0.15, 0.2) is 0 Å². The van der Waals surface area contributed by atoms with Crippen LogP contribution in [0.3, 0.4) is 0 Å². The summed E-state index contributed by atoms with van der Waals surface area (Å²) in [6, 6.07) is -2.80. The van der Waals surface area contributed by atoms with Gasteiger partial charge >= 0.3 is 11.9 Å². The molecule has 11 heteroatoms. The van der Waals surface area contributed by atoms with E-state index in [0.29, 0.717) is 0 Å². The molecule has 2 atom stereocenters. The molecule has 0 rings (SSSR count). The molecular weight excluding hydrogens is 317 g/mol. The van der Waals surface area contributed by atoms with Crippen LogP contribution in [0.25, 0.3) is 0 Å². The van der Waals surface area contributed by atoms with E-state index in [1.807, 2.05) is 0 Å². The Kier molecular flexibility index (Phi) is 13.7. The Labute approximate surface area is 120 Å². The van der Waals surface area contributed by atoms with Crippen LogP contribution in [0, 0.1) is 0 Å². The fraction of sp³-hybridized carbons (Fsp3) is 0.500. The van der Waals surface area contributed by atoms with E-state index in [0.717, 1.165) is 0 Å². The first-order valence-electron chi connectivity index (χ1n) is 4.44. The second-order valence-electron chi connectivity index (χ2n) is 3.05. The molecule has 10 nitrogen and oxygen atoms in total. The minimum atomic E-state index is -1.54. The summed E-state index contributed by atoms with van der Waals surface area (Å²) in [5.41, 5.74) is 9.55. The Bertz CT molecular complexity index is 303. The summed E-state index contributed by atoms with van der Waals surface area (Å²) in [7, 11) is 0. The van der Waals surface area contributed by atoms with Crippen molar-refractivity contribution in [1.82, 2.24) is 0 Å². The number of carboxylic acids is 4. The number of carboxylic acid groups (broad SMARTS) is 4. The number of aliphatic carboxylic acids is 4. The van der Waals surface area contributed by atoms with Crippen LogP contribution in [0.1, 0.15) is 12.8 Å². The van der Waals surface area contributed by atoms with Crippen molar-refractivity contribution in [2.24, 2.45) is 11.5 Å². The average molecular weight is 330 g/mol. The Balaban J connectivity index is -0.000000256. The smallest absolute Gasteiger partial charge is 0.305 e. The van der Waals surface area contributed by atoms with E-state index in [-0.39, 0.29) is 19.5 Å². The molecular formula is C8H12N2O8Zn-2. The topological polar surface area (TPSA) is 207 Å². The monoisotopic (exact) mass is 328 g/mol. The Morgan fingerprint density at radius 1 is 0.842 bits per heavy atom. The predicted molar refractivity (Wildman–Crippen MR) is 50.5 cm³/mol. The van der Waals surface area contributed by atoms with Crippen molar-refractivity contribution in [2.75, 3.05) is 0 Å². The third-order valence-corrected chi connectivity index (χ3v) is 1.39. The van der Waals surface area contributed by atoms with Crippen LogP contribution in [0.15, 0.2) is 0 Å². The average Bonchev–Trinajstić information content (AvgIpc) is 2.16. The molecule has 0 heterocycles. The summed E-state index contributed by atoms with van der Waals surface area (Å²) in [5, 5.41) is 35.4. The zero-order valence-corrected chi connectivity index (χ0v) is 12.7. The molecule has 0 aromatic heterocycles. The van der Waals surface area contributed by atoms with Crippen LogP contribution in [-0.2, 0) is 38.7 Å². The van der Waals surface area contributed by atoms with Crippen LogP contribution >= 0.6 is 0 Å². The molecule has 106 valence electrons. The third-order valence-electron chi connectivity index (χ3n) is 1.39. The maximum atomic E-state index is 9.74. The van der Waals surface area contributed by atoms with Gasteiger partial charge in [0.1, 0.15) is 0 Å². The van der Waals surface area contributed by atoms with Gasteiger partial charge in [-0.1, -0.05) is 0 Å². The molecule has 0 aromatic carbocycles. The van der Waals surface area contributed by atoms with Crippen molar-refractivity contribution < 1.29 is 59.1 Å². The standard InChI is InChI=1S/2C4H7NO4.Zn/c2*5-2(4(8)9)1-3(6)7;/h2*2H,1,5H2,(H,6,7)(H,8,9);/p-2. The summed E-state index contributed by atoms with van der Waals surface area (Å²) in [6.07, 6.45) is -1.19. The summed E-state index contributed by atoms with van der Waals surface area (Å²) in [4.78, 5) is 39.0. The predicted octanol–water partition coefficient (Wildman–Crippen LogP) is -4.93. The van der Waals surface area contributed by atoms with E-state index in [1.54, 1.807) is 0 Å². The molecule has 6 N–H and O–H groups in total. The van der Waals surface area contributed by atoms with Crippen LogP contribution in [0.4, 0.5) is 0 Å². The quantitative estimate of drug-likeness (QED) is 0.341. The fourth-order valence-corrected chi connectivity index (χ4v) is 0.543. The molecule has 0 aromatic rings. The van der Waals surface area contributed by atoms with Gasteiger partial charge in [-0.05, 0) is 0 Å². The summed E-state index contributed by atoms with van der Waals surface area (Å²) in [6.45, 7) is 0.